The highest BCUT2D eigenvalue weighted by molar-refractivity contribution is 6.31. The maximum absolute atomic E-state index is 6.41. The summed E-state index contributed by atoms with van der Waals surface area (Å²) in [6.07, 6.45) is 3.96. The van der Waals surface area contributed by atoms with Crippen molar-refractivity contribution >= 4 is 17.3 Å². The van der Waals surface area contributed by atoms with E-state index < -0.39 is 0 Å². The maximum atomic E-state index is 6.41. The van der Waals surface area contributed by atoms with Gasteiger partial charge in [0.15, 0.2) is 0 Å². The summed E-state index contributed by atoms with van der Waals surface area (Å²) in [6, 6.07) is 6.81. The lowest BCUT2D eigenvalue weighted by molar-refractivity contribution is 0.577. The van der Waals surface area contributed by atoms with Gasteiger partial charge in [0.05, 0.1) is 0 Å². The van der Waals surface area contributed by atoms with Crippen molar-refractivity contribution in [2.24, 2.45) is 0 Å². The third-order valence-corrected chi connectivity index (χ3v) is 4.01. The van der Waals surface area contributed by atoms with Crippen LogP contribution in [0.15, 0.2) is 18.2 Å². The fourth-order valence-corrected chi connectivity index (χ4v) is 2.97. The Kier molecular flexibility index (Phi) is 4.90. The standard InChI is InChI=1S/C15H23ClN2/c1-3-17-12(2)14-8-7-13(11-15(14)16)18-9-5-4-6-10-18/h7-8,11-12,17H,3-6,9-10H2,1-2H3. The third-order valence-electron chi connectivity index (χ3n) is 3.68. The first-order valence-corrected chi connectivity index (χ1v) is 7.38. The number of nitrogens with one attached hydrogen (secondary N) is 1. The molecule has 1 heterocycles. The molecule has 1 aromatic rings. The summed E-state index contributed by atoms with van der Waals surface area (Å²) in [7, 11) is 0. The minimum absolute atomic E-state index is 0.318. The molecule has 0 aromatic heterocycles. The van der Waals surface area contributed by atoms with Gasteiger partial charge in [-0.1, -0.05) is 24.6 Å². The molecule has 1 unspecified atom stereocenters. The second-order valence-electron chi connectivity index (χ2n) is 5.03. The van der Waals surface area contributed by atoms with Crippen LogP contribution in [0.5, 0.6) is 0 Å². The Bertz CT molecular complexity index is 386. The van der Waals surface area contributed by atoms with Crippen molar-refractivity contribution in [2.75, 3.05) is 24.5 Å². The van der Waals surface area contributed by atoms with E-state index in [4.69, 9.17) is 11.6 Å². The topological polar surface area (TPSA) is 15.3 Å². The molecule has 0 saturated carbocycles. The Labute approximate surface area is 115 Å². The van der Waals surface area contributed by atoms with Crippen LogP contribution in [-0.4, -0.2) is 19.6 Å². The summed E-state index contributed by atoms with van der Waals surface area (Å²) in [5.41, 5.74) is 2.46. The van der Waals surface area contributed by atoms with Gasteiger partial charge in [0, 0.05) is 29.8 Å². The van der Waals surface area contributed by atoms with E-state index in [1.54, 1.807) is 0 Å². The van der Waals surface area contributed by atoms with Crippen LogP contribution < -0.4 is 10.2 Å². The summed E-state index contributed by atoms with van der Waals surface area (Å²) in [4.78, 5) is 2.44. The minimum Gasteiger partial charge on any atom is -0.371 e. The number of anilines is 1. The van der Waals surface area contributed by atoms with Crippen molar-refractivity contribution in [3.8, 4) is 0 Å². The van der Waals surface area contributed by atoms with Crippen LogP contribution in [0.4, 0.5) is 5.69 Å². The molecule has 2 nitrogen and oxygen atoms in total. The Hall–Kier alpha value is -0.730. The van der Waals surface area contributed by atoms with E-state index in [9.17, 15) is 0 Å². The van der Waals surface area contributed by atoms with Crippen LogP contribution in [0, 0.1) is 0 Å². The third kappa shape index (κ3) is 3.18. The average Bonchev–Trinajstić information content (AvgIpc) is 2.40. The van der Waals surface area contributed by atoms with Crippen molar-refractivity contribution < 1.29 is 0 Å². The monoisotopic (exact) mass is 266 g/mol. The molecule has 2 rings (SSSR count). The smallest absolute Gasteiger partial charge is 0.0474 e. The highest BCUT2D eigenvalue weighted by Gasteiger charge is 2.14. The molecule has 1 saturated heterocycles. The molecule has 1 atom stereocenters. The van der Waals surface area contributed by atoms with Crippen molar-refractivity contribution in [3.63, 3.8) is 0 Å². The predicted octanol–water partition coefficient (Wildman–Crippen LogP) is 4.00. The van der Waals surface area contributed by atoms with Crippen LogP contribution in [0.2, 0.25) is 5.02 Å². The van der Waals surface area contributed by atoms with E-state index in [2.05, 4.69) is 42.3 Å². The van der Waals surface area contributed by atoms with Crippen LogP contribution in [0.1, 0.15) is 44.7 Å². The predicted molar refractivity (Wildman–Crippen MR) is 79.6 cm³/mol. The summed E-state index contributed by atoms with van der Waals surface area (Å²) < 4.78 is 0. The summed E-state index contributed by atoms with van der Waals surface area (Å²) in [5, 5.41) is 4.28. The van der Waals surface area contributed by atoms with Gasteiger partial charge in [-0.15, -0.1) is 0 Å². The summed E-state index contributed by atoms with van der Waals surface area (Å²) >= 11 is 6.41. The SMILES string of the molecule is CCNC(C)c1ccc(N2CCCCC2)cc1Cl. The first-order valence-electron chi connectivity index (χ1n) is 7.00. The number of hydrogen-bond acceptors (Lipinski definition) is 2. The Morgan fingerprint density at radius 1 is 1.28 bits per heavy atom. The molecule has 1 aliphatic rings. The lowest BCUT2D eigenvalue weighted by atomic mass is 10.1. The summed E-state index contributed by atoms with van der Waals surface area (Å²) in [5.74, 6) is 0. The van der Waals surface area contributed by atoms with E-state index in [-0.39, 0.29) is 0 Å². The number of nitrogens with zero attached hydrogens (tertiary/aromatic N) is 1. The molecule has 100 valence electrons. The Balaban J connectivity index is 2.13. The number of benzene rings is 1. The molecule has 0 spiro atoms. The molecule has 0 aliphatic carbocycles. The van der Waals surface area contributed by atoms with Crippen molar-refractivity contribution in [1.29, 1.82) is 0 Å². The maximum Gasteiger partial charge on any atom is 0.0474 e. The van der Waals surface area contributed by atoms with Gasteiger partial charge < -0.3 is 10.2 Å². The first-order chi connectivity index (χ1) is 8.72. The van der Waals surface area contributed by atoms with Crippen molar-refractivity contribution in [1.82, 2.24) is 5.32 Å². The van der Waals surface area contributed by atoms with Gasteiger partial charge in [-0.25, -0.2) is 0 Å². The van der Waals surface area contributed by atoms with Gasteiger partial charge in [-0.05, 0) is 50.4 Å². The van der Waals surface area contributed by atoms with Gasteiger partial charge in [-0.2, -0.15) is 0 Å². The molecule has 1 N–H and O–H groups in total. The van der Waals surface area contributed by atoms with Crippen LogP contribution >= 0.6 is 11.6 Å². The van der Waals surface area contributed by atoms with Gasteiger partial charge in [0.1, 0.15) is 0 Å². The van der Waals surface area contributed by atoms with E-state index in [0.29, 0.717) is 6.04 Å². The molecular formula is C15H23ClN2. The molecule has 0 amide bonds. The molecule has 1 aromatic carbocycles. The number of piperidine rings is 1. The number of rotatable bonds is 4. The fourth-order valence-electron chi connectivity index (χ4n) is 2.63. The zero-order valence-electron chi connectivity index (χ0n) is 11.4. The highest BCUT2D eigenvalue weighted by atomic mass is 35.5. The van der Waals surface area contributed by atoms with E-state index in [1.165, 1.54) is 43.6 Å². The Morgan fingerprint density at radius 3 is 2.61 bits per heavy atom. The van der Waals surface area contributed by atoms with Crippen LogP contribution in [0.3, 0.4) is 0 Å². The molecule has 1 fully saturated rings. The van der Waals surface area contributed by atoms with Gasteiger partial charge in [0.2, 0.25) is 0 Å². The lowest BCUT2D eigenvalue weighted by Crippen LogP contribution is -2.29. The van der Waals surface area contributed by atoms with Crippen molar-refractivity contribution in [3.05, 3.63) is 28.8 Å². The van der Waals surface area contributed by atoms with Crippen LogP contribution in [-0.2, 0) is 0 Å². The van der Waals surface area contributed by atoms with Crippen molar-refractivity contribution in [2.45, 2.75) is 39.2 Å². The normalized spacial score (nSPS) is 17.8. The van der Waals surface area contributed by atoms with Gasteiger partial charge in [-0.3, -0.25) is 0 Å². The minimum atomic E-state index is 0.318. The van der Waals surface area contributed by atoms with E-state index in [0.717, 1.165) is 11.6 Å². The highest BCUT2D eigenvalue weighted by Crippen LogP contribution is 2.29. The second kappa shape index (κ2) is 6.44. The second-order valence-corrected chi connectivity index (χ2v) is 5.44. The Morgan fingerprint density at radius 2 is 2.00 bits per heavy atom. The number of halogens is 1. The van der Waals surface area contributed by atoms with E-state index in [1.807, 2.05) is 0 Å². The molecule has 3 heteroatoms. The van der Waals surface area contributed by atoms with Crippen LogP contribution in [0.25, 0.3) is 0 Å². The zero-order chi connectivity index (χ0) is 13.0. The molecule has 18 heavy (non-hydrogen) atoms. The average molecular weight is 267 g/mol. The molecule has 1 aliphatic heterocycles. The van der Waals surface area contributed by atoms with Gasteiger partial charge in [0.25, 0.3) is 0 Å². The zero-order valence-corrected chi connectivity index (χ0v) is 12.1. The molecular weight excluding hydrogens is 244 g/mol. The van der Waals surface area contributed by atoms with Gasteiger partial charge >= 0.3 is 0 Å². The largest absolute Gasteiger partial charge is 0.371 e. The molecule has 0 bridgehead atoms. The number of hydrogen-bond donors (Lipinski definition) is 1. The first kappa shape index (κ1) is 13.7. The quantitative estimate of drug-likeness (QED) is 0.886. The fraction of sp³-hybridized carbons (Fsp3) is 0.600. The lowest BCUT2D eigenvalue weighted by Gasteiger charge is -2.29. The summed E-state index contributed by atoms with van der Waals surface area (Å²) in [6.45, 7) is 7.57. The van der Waals surface area contributed by atoms with E-state index >= 15 is 0 Å². The molecule has 0 radical (unpaired) electrons.